The van der Waals surface area contributed by atoms with E-state index in [4.69, 9.17) is 4.98 Å². The Morgan fingerprint density at radius 1 is 1.26 bits per heavy atom. The Balaban J connectivity index is 2.12. The molecule has 0 atom stereocenters. The van der Waals surface area contributed by atoms with Gasteiger partial charge in [-0.25, -0.2) is 4.98 Å². The second-order valence-electron chi connectivity index (χ2n) is 6.77. The Kier molecular flexibility index (Phi) is 4.51. The zero-order valence-electron chi connectivity index (χ0n) is 12.9. The lowest BCUT2D eigenvalue weighted by atomic mass is 9.91. The molecule has 0 aromatic carbocycles. The lowest BCUT2D eigenvalue weighted by molar-refractivity contribution is 0.513. The first kappa shape index (κ1) is 14.8. The van der Waals surface area contributed by atoms with Gasteiger partial charge in [0.15, 0.2) is 5.13 Å². The van der Waals surface area contributed by atoms with Crippen LogP contribution in [0, 0.1) is 0 Å². The number of hydrogen-bond donors (Lipinski definition) is 1. The summed E-state index contributed by atoms with van der Waals surface area (Å²) in [5.41, 5.74) is 1.38. The third-order valence-corrected chi connectivity index (χ3v) is 4.91. The topological polar surface area (TPSA) is 28.2 Å². The average molecular weight is 281 g/mol. The number of anilines is 1. The van der Waals surface area contributed by atoms with Crippen LogP contribution >= 0.6 is 11.3 Å². The van der Waals surface area contributed by atoms with E-state index in [2.05, 4.69) is 45.1 Å². The standard InChI is InChI=1S/C15H27N3S/c1-15(2,3)13-12(19-14(17-13)18(4)5)10-16-11-8-6-7-9-11/h11,16H,6-10H2,1-5H3. The van der Waals surface area contributed by atoms with E-state index < -0.39 is 0 Å². The second-order valence-corrected chi connectivity index (χ2v) is 7.84. The van der Waals surface area contributed by atoms with Gasteiger partial charge in [-0.15, -0.1) is 11.3 Å². The number of hydrogen-bond acceptors (Lipinski definition) is 4. The molecule has 0 saturated heterocycles. The third kappa shape index (κ3) is 3.69. The molecule has 3 nitrogen and oxygen atoms in total. The average Bonchev–Trinajstić information content (AvgIpc) is 2.94. The van der Waals surface area contributed by atoms with Crippen LogP contribution in [0.15, 0.2) is 0 Å². The zero-order chi connectivity index (χ0) is 14.0. The van der Waals surface area contributed by atoms with Crippen LogP contribution in [0.2, 0.25) is 0 Å². The van der Waals surface area contributed by atoms with Crippen molar-refractivity contribution >= 4 is 16.5 Å². The predicted octanol–water partition coefficient (Wildman–Crippen LogP) is 3.54. The Hall–Kier alpha value is -0.610. The van der Waals surface area contributed by atoms with Crippen molar-refractivity contribution in [3.63, 3.8) is 0 Å². The van der Waals surface area contributed by atoms with Gasteiger partial charge in [-0.1, -0.05) is 33.6 Å². The molecule has 0 amide bonds. The number of rotatable bonds is 4. The summed E-state index contributed by atoms with van der Waals surface area (Å²) < 4.78 is 0. The maximum Gasteiger partial charge on any atom is 0.185 e. The molecule has 1 fully saturated rings. The lowest BCUT2D eigenvalue weighted by Crippen LogP contribution is -2.26. The van der Waals surface area contributed by atoms with Crippen LogP contribution in [-0.2, 0) is 12.0 Å². The Morgan fingerprint density at radius 3 is 2.42 bits per heavy atom. The van der Waals surface area contributed by atoms with Gasteiger partial charge in [0.1, 0.15) is 0 Å². The molecule has 0 aliphatic heterocycles. The fourth-order valence-electron chi connectivity index (χ4n) is 2.60. The summed E-state index contributed by atoms with van der Waals surface area (Å²) in [6.07, 6.45) is 5.44. The second kappa shape index (κ2) is 5.80. The van der Waals surface area contributed by atoms with Crippen LogP contribution in [0.4, 0.5) is 5.13 Å². The van der Waals surface area contributed by atoms with E-state index in [1.807, 2.05) is 11.3 Å². The van der Waals surface area contributed by atoms with Crippen molar-refractivity contribution in [2.24, 2.45) is 0 Å². The quantitative estimate of drug-likeness (QED) is 0.915. The van der Waals surface area contributed by atoms with Crippen molar-refractivity contribution in [1.82, 2.24) is 10.3 Å². The fraction of sp³-hybridized carbons (Fsp3) is 0.800. The van der Waals surface area contributed by atoms with Crippen LogP contribution in [0.1, 0.15) is 57.0 Å². The molecule has 108 valence electrons. The molecule has 2 rings (SSSR count). The maximum atomic E-state index is 4.83. The first-order chi connectivity index (χ1) is 8.88. The van der Waals surface area contributed by atoms with E-state index in [-0.39, 0.29) is 5.41 Å². The molecule has 0 radical (unpaired) electrons. The summed E-state index contributed by atoms with van der Waals surface area (Å²) in [5, 5.41) is 4.83. The molecule has 4 heteroatoms. The van der Waals surface area contributed by atoms with Gasteiger partial charge in [-0.05, 0) is 12.8 Å². The lowest BCUT2D eigenvalue weighted by Gasteiger charge is -2.19. The largest absolute Gasteiger partial charge is 0.354 e. The van der Waals surface area contributed by atoms with Crippen LogP contribution in [0.3, 0.4) is 0 Å². The van der Waals surface area contributed by atoms with Gasteiger partial charge in [0, 0.05) is 37.0 Å². The number of aromatic nitrogens is 1. The normalized spacial score (nSPS) is 17.1. The Bertz CT molecular complexity index is 412. The number of thiazole rings is 1. The van der Waals surface area contributed by atoms with Crippen molar-refractivity contribution in [3.05, 3.63) is 10.6 Å². The van der Waals surface area contributed by atoms with Gasteiger partial charge in [-0.3, -0.25) is 0 Å². The van der Waals surface area contributed by atoms with Gasteiger partial charge in [0.25, 0.3) is 0 Å². The van der Waals surface area contributed by atoms with E-state index in [9.17, 15) is 0 Å². The molecule has 1 aromatic heterocycles. The first-order valence-corrected chi connectivity index (χ1v) is 8.10. The van der Waals surface area contributed by atoms with Crippen molar-refractivity contribution in [1.29, 1.82) is 0 Å². The molecule has 0 bridgehead atoms. The van der Waals surface area contributed by atoms with Crippen molar-refractivity contribution in [2.75, 3.05) is 19.0 Å². The molecule has 1 heterocycles. The van der Waals surface area contributed by atoms with Crippen LogP contribution in [-0.4, -0.2) is 25.1 Å². The number of nitrogens with one attached hydrogen (secondary N) is 1. The molecule has 1 aliphatic rings. The maximum absolute atomic E-state index is 4.83. The minimum atomic E-state index is 0.122. The monoisotopic (exact) mass is 281 g/mol. The molecule has 1 aliphatic carbocycles. The highest BCUT2D eigenvalue weighted by Crippen LogP contribution is 2.33. The van der Waals surface area contributed by atoms with Gasteiger partial charge in [0.2, 0.25) is 0 Å². The summed E-state index contributed by atoms with van der Waals surface area (Å²) in [7, 11) is 4.14. The minimum Gasteiger partial charge on any atom is -0.354 e. The van der Waals surface area contributed by atoms with E-state index in [0.717, 1.165) is 17.7 Å². The van der Waals surface area contributed by atoms with E-state index >= 15 is 0 Å². The molecule has 1 saturated carbocycles. The molecule has 1 aromatic rings. The zero-order valence-corrected chi connectivity index (χ0v) is 13.7. The summed E-state index contributed by atoms with van der Waals surface area (Å²) >= 11 is 1.83. The highest BCUT2D eigenvalue weighted by molar-refractivity contribution is 7.15. The minimum absolute atomic E-state index is 0.122. The summed E-state index contributed by atoms with van der Waals surface area (Å²) in [4.78, 5) is 8.35. The molecular formula is C15H27N3S. The highest BCUT2D eigenvalue weighted by atomic mass is 32.1. The SMILES string of the molecule is CN(C)c1nc(C(C)(C)C)c(CNC2CCCC2)s1. The smallest absolute Gasteiger partial charge is 0.185 e. The highest BCUT2D eigenvalue weighted by Gasteiger charge is 2.24. The summed E-state index contributed by atoms with van der Waals surface area (Å²) in [6, 6.07) is 0.720. The predicted molar refractivity (Wildman–Crippen MR) is 84.2 cm³/mol. The summed E-state index contributed by atoms with van der Waals surface area (Å²) in [6.45, 7) is 7.73. The van der Waals surface area contributed by atoms with Gasteiger partial charge >= 0.3 is 0 Å². The van der Waals surface area contributed by atoms with E-state index in [1.54, 1.807) is 0 Å². The molecule has 0 spiro atoms. The Labute approximate surface area is 121 Å². The first-order valence-electron chi connectivity index (χ1n) is 7.29. The summed E-state index contributed by atoms with van der Waals surface area (Å²) in [5.74, 6) is 0. The van der Waals surface area contributed by atoms with E-state index in [1.165, 1.54) is 36.3 Å². The molecule has 1 N–H and O–H groups in total. The van der Waals surface area contributed by atoms with Gasteiger partial charge < -0.3 is 10.2 Å². The number of nitrogens with zero attached hydrogens (tertiary/aromatic N) is 2. The third-order valence-electron chi connectivity index (χ3n) is 3.69. The van der Waals surface area contributed by atoms with Crippen LogP contribution in [0.5, 0.6) is 0 Å². The van der Waals surface area contributed by atoms with Gasteiger partial charge in [-0.2, -0.15) is 0 Å². The molecular weight excluding hydrogens is 254 g/mol. The van der Waals surface area contributed by atoms with Gasteiger partial charge in [0.05, 0.1) is 5.69 Å². The van der Waals surface area contributed by atoms with Crippen molar-refractivity contribution in [2.45, 2.75) is 64.5 Å². The molecule has 0 unspecified atom stereocenters. The van der Waals surface area contributed by atoms with E-state index in [0.29, 0.717) is 0 Å². The Morgan fingerprint density at radius 2 is 1.89 bits per heavy atom. The van der Waals surface area contributed by atoms with Crippen molar-refractivity contribution in [3.8, 4) is 0 Å². The van der Waals surface area contributed by atoms with Crippen LogP contribution in [0.25, 0.3) is 0 Å². The molecule has 19 heavy (non-hydrogen) atoms. The van der Waals surface area contributed by atoms with Crippen LogP contribution < -0.4 is 10.2 Å². The van der Waals surface area contributed by atoms with Crippen molar-refractivity contribution < 1.29 is 0 Å². The fourth-order valence-corrected chi connectivity index (χ4v) is 3.75.